The fraction of sp³-hybridized carbons (Fsp3) is 0.200. The molecule has 0 saturated carbocycles. The van der Waals surface area contributed by atoms with Crippen LogP contribution in [0.4, 0.5) is 16.2 Å². The minimum atomic E-state index is -0.443. The van der Waals surface area contributed by atoms with Gasteiger partial charge in [-0.15, -0.1) is 11.3 Å². The summed E-state index contributed by atoms with van der Waals surface area (Å²) in [4.78, 5) is 27.5. The van der Waals surface area contributed by atoms with Crippen LogP contribution in [-0.2, 0) is 6.61 Å². The Kier molecular flexibility index (Phi) is 8.78. The molecular formula is C30H29ClN4O3S. The third kappa shape index (κ3) is 7.38. The first-order valence-electron chi connectivity index (χ1n) is 12.8. The summed E-state index contributed by atoms with van der Waals surface area (Å²) in [6, 6.07) is 25.9. The predicted molar refractivity (Wildman–Crippen MR) is 158 cm³/mol. The van der Waals surface area contributed by atoms with E-state index in [2.05, 4.69) is 21.3 Å². The monoisotopic (exact) mass is 560 g/mol. The van der Waals surface area contributed by atoms with Gasteiger partial charge in [0.15, 0.2) is 0 Å². The van der Waals surface area contributed by atoms with Crippen molar-refractivity contribution >= 4 is 46.3 Å². The quantitative estimate of drug-likeness (QED) is 0.191. The summed E-state index contributed by atoms with van der Waals surface area (Å²) in [7, 11) is 0. The molecule has 1 saturated heterocycles. The Morgan fingerprint density at radius 2 is 1.74 bits per heavy atom. The second kappa shape index (κ2) is 12.8. The molecule has 1 atom stereocenters. The van der Waals surface area contributed by atoms with Crippen molar-refractivity contribution in [3.63, 3.8) is 0 Å². The molecule has 7 nitrogen and oxygen atoms in total. The molecule has 1 aliphatic rings. The number of amides is 3. The highest BCUT2D eigenvalue weighted by Crippen LogP contribution is 2.35. The molecule has 9 heteroatoms. The van der Waals surface area contributed by atoms with E-state index in [1.807, 2.05) is 48.5 Å². The third-order valence-electron chi connectivity index (χ3n) is 6.31. The Balaban J connectivity index is 1.26. The molecule has 200 valence electrons. The van der Waals surface area contributed by atoms with Crippen LogP contribution in [0.1, 0.15) is 28.1 Å². The van der Waals surface area contributed by atoms with E-state index in [1.54, 1.807) is 36.4 Å². The van der Waals surface area contributed by atoms with E-state index in [0.717, 1.165) is 41.9 Å². The molecule has 1 aromatic heterocycles. The molecule has 0 radical (unpaired) electrons. The van der Waals surface area contributed by atoms with Crippen molar-refractivity contribution in [2.24, 2.45) is 0 Å². The summed E-state index contributed by atoms with van der Waals surface area (Å²) in [6.07, 6.45) is 1.93. The van der Waals surface area contributed by atoms with E-state index in [0.29, 0.717) is 33.6 Å². The van der Waals surface area contributed by atoms with Crippen LogP contribution in [0.25, 0.3) is 10.4 Å². The van der Waals surface area contributed by atoms with Gasteiger partial charge in [-0.1, -0.05) is 54.1 Å². The summed E-state index contributed by atoms with van der Waals surface area (Å²) in [5.74, 6) is 0.496. The van der Waals surface area contributed by atoms with Gasteiger partial charge >= 0.3 is 6.03 Å². The van der Waals surface area contributed by atoms with Crippen LogP contribution in [0.15, 0.2) is 84.9 Å². The van der Waals surface area contributed by atoms with Gasteiger partial charge < -0.3 is 26.0 Å². The minimum absolute atomic E-state index is 0.0524. The summed E-state index contributed by atoms with van der Waals surface area (Å²) in [5, 5.41) is 12.7. The van der Waals surface area contributed by atoms with E-state index in [1.165, 1.54) is 11.3 Å². The molecule has 39 heavy (non-hydrogen) atoms. The lowest BCUT2D eigenvalue weighted by Crippen LogP contribution is -2.45. The Bertz CT molecular complexity index is 1400. The highest BCUT2D eigenvalue weighted by molar-refractivity contribution is 7.18. The number of ether oxygens (including phenoxy) is 1. The zero-order valence-corrected chi connectivity index (χ0v) is 22.8. The van der Waals surface area contributed by atoms with Gasteiger partial charge in [0.05, 0.1) is 5.69 Å². The number of hydrogen-bond acceptors (Lipinski definition) is 5. The Hall–Kier alpha value is -3.85. The topological polar surface area (TPSA) is 91.5 Å². The number of rotatable bonds is 8. The summed E-state index contributed by atoms with van der Waals surface area (Å²) in [5.41, 5.74) is 3.04. The fourth-order valence-corrected chi connectivity index (χ4v) is 5.44. The molecule has 4 N–H and O–H groups in total. The van der Waals surface area contributed by atoms with Crippen LogP contribution in [0.2, 0.25) is 5.02 Å². The van der Waals surface area contributed by atoms with E-state index in [9.17, 15) is 9.59 Å². The summed E-state index contributed by atoms with van der Waals surface area (Å²) in [6.45, 7) is 2.15. The highest BCUT2D eigenvalue weighted by atomic mass is 35.5. The van der Waals surface area contributed by atoms with Crippen LogP contribution in [0.5, 0.6) is 5.75 Å². The maximum atomic E-state index is 13.2. The third-order valence-corrected chi connectivity index (χ3v) is 7.74. The zero-order chi connectivity index (χ0) is 27.0. The number of anilines is 2. The number of piperidine rings is 1. The molecule has 2 heterocycles. The second-order valence-corrected chi connectivity index (χ2v) is 10.7. The van der Waals surface area contributed by atoms with Gasteiger partial charge in [-0.3, -0.25) is 4.79 Å². The number of nitrogens with one attached hydrogen (secondary N) is 4. The number of carbonyl (C=O) groups excluding carboxylic acids is 2. The average Bonchev–Trinajstić information content (AvgIpc) is 3.38. The van der Waals surface area contributed by atoms with Crippen molar-refractivity contribution in [2.45, 2.75) is 25.5 Å². The van der Waals surface area contributed by atoms with Crippen LogP contribution >= 0.6 is 22.9 Å². The van der Waals surface area contributed by atoms with E-state index in [4.69, 9.17) is 16.3 Å². The number of urea groups is 1. The molecule has 5 rings (SSSR count). The van der Waals surface area contributed by atoms with Gasteiger partial charge in [0.1, 0.15) is 17.2 Å². The van der Waals surface area contributed by atoms with Gasteiger partial charge in [-0.2, -0.15) is 0 Å². The van der Waals surface area contributed by atoms with Gasteiger partial charge in [0.25, 0.3) is 5.91 Å². The van der Waals surface area contributed by atoms with E-state index in [-0.39, 0.29) is 11.9 Å². The first-order chi connectivity index (χ1) is 19.0. The van der Waals surface area contributed by atoms with Crippen LogP contribution in [-0.4, -0.2) is 31.1 Å². The average molecular weight is 561 g/mol. The maximum Gasteiger partial charge on any atom is 0.323 e. The van der Waals surface area contributed by atoms with Crippen molar-refractivity contribution in [1.82, 2.24) is 10.6 Å². The SMILES string of the molecule is O=C(Nc1ccc(OCc2ccccc2)cc1)Nc1cc(-c2ccc(Cl)cc2)sc1C(=O)N[C@H]1CCCNC1. The number of halogens is 1. The Labute approximate surface area is 236 Å². The number of benzene rings is 3. The lowest BCUT2D eigenvalue weighted by molar-refractivity contribution is 0.0935. The van der Waals surface area contributed by atoms with Crippen LogP contribution < -0.4 is 26.0 Å². The molecule has 0 bridgehead atoms. The number of carbonyl (C=O) groups is 2. The van der Waals surface area contributed by atoms with Crippen LogP contribution in [0.3, 0.4) is 0 Å². The van der Waals surface area contributed by atoms with Crippen molar-refractivity contribution in [1.29, 1.82) is 0 Å². The molecule has 3 aromatic carbocycles. The largest absolute Gasteiger partial charge is 0.489 e. The first-order valence-corrected chi connectivity index (χ1v) is 14.0. The summed E-state index contributed by atoms with van der Waals surface area (Å²) < 4.78 is 5.82. The molecule has 1 fully saturated rings. The minimum Gasteiger partial charge on any atom is -0.489 e. The zero-order valence-electron chi connectivity index (χ0n) is 21.2. The van der Waals surface area contributed by atoms with Gasteiger partial charge in [-0.25, -0.2) is 4.79 Å². The number of thiophene rings is 1. The highest BCUT2D eigenvalue weighted by Gasteiger charge is 2.22. The molecule has 3 amide bonds. The van der Waals surface area contributed by atoms with Crippen molar-refractivity contribution in [3.8, 4) is 16.2 Å². The first kappa shape index (κ1) is 26.7. The van der Waals surface area contributed by atoms with Crippen LogP contribution in [0, 0.1) is 0 Å². The van der Waals surface area contributed by atoms with Crippen molar-refractivity contribution < 1.29 is 14.3 Å². The van der Waals surface area contributed by atoms with Gasteiger partial charge in [0, 0.05) is 28.2 Å². The Morgan fingerprint density at radius 3 is 2.46 bits per heavy atom. The standard InChI is InChI=1S/C30H29ClN4O3S/c31-22-10-8-21(9-11-22)27-17-26(28(39-27)29(36)33-24-7-4-16-32-18-24)35-30(37)34-23-12-14-25(15-13-23)38-19-20-5-2-1-3-6-20/h1-3,5-6,8-15,17,24,32H,4,7,16,18-19H2,(H,33,36)(H2,34,35,37)/t24-/m0/s1. The fourth-order valence-electron chi connectivity index (χ4n) is 4.29. The molecule has 0 aliphatic carbocycles. The molecular weight excluding hydrogens is 532 g/mol. The normalized spacial score (nSPS) is 14.8. The maximum absolute atomic E-state index is 13.2. The molecule has 1 aliphatic heterocycles. The lowest BCUT2D eigenvalue weighted by Gasteiger charge is -2.23. The second-order valence-electron chi connectivity index (χ2n) is 9.25. The lowest BCUT2D eigenvalue weighted by atomic mass is 10.1. The van der Waals surface area contributed by atoms with Crippen molar-refractivity contribution in [3.05, 3.63) is 100 Å². The smallest absolute Gasteiger partial charge is 0.323 e. The molecule has 0 unspecified atom stereocenters. The van der Waals surface area contributed by atoms with Gasteiger partial charge in [-0.05, 0) is 73.0 Å². The van der Waals surface area contributed by atoms with Gasteiger partial charge in [0.2, 0.25) is 0 Å². The molecule has 4 aromatic rings. The Morgan fingerprint density at radius 1 is 0.974 bits per heavy atom. The van der Waals surface area contributed by atoms with E-state index < -0.39 is 6.03 Å². The predicted octanol–water partition coefficient (Wildman–Crippen LogP) is 6.77. The van der Waals surface area contributed by atoms with E-state index >= 15 is 0 Å². The molecule has 0 spiro atoms. The summed E-state index contributed by atoms with van der Waals surface area (Å²) >= 11 is 7.39. The van der Waals surface area contributed by atoms with Crippen molar-refractivity contribution in [2.75, 3.05) is 23.7 Å². The number of hydrogen-bond donors (Lipinski definition) is 4.